The van der Waals surface area contributed by atoms with Crippen LogP contribution in [0.2, 0.25) is 0 Å². The highest BCUT2D eigenvalue weighted by atomic mass is 19.1. The highest BCUT2D eigenvalue weighted by Crippen LogP contribution is 2.17. The molecule has 0 aliphatic rings. The van der Waals surface area contributed by atoms with E-state index in [1.54, 1.807) is 36.4 Å². The van der Waals surface area contributed by atoms with Gasteiger partial charge in [-0.15, -0.1) is 10.2 Å². The number of hydrogen-bond acceptors (Lipinski definition) is 4. The van der Waals surface area contributed by atoms with Crippen LogP contribution in [0, 0.1) is 5.82 Å². The molecule has 0 atom stereocenters. The number of rotatable bonds is 6. The van der Waals surface area contributed by atoms with Gasteiger partial charge in [0.1, 0.15) is 12.4 Å². The van der Waals surface area contributed by atoms with Crippen LogP contribution in [0.5, 0.6) is 5.88 Å². The van der Waals surface area contributed by atoms with E-state index in [4.69, 9.17) is 4.74 Å². The number of nitrogens with zero attached hydrogens (tertiary/aromatic N) is 2. The van der Waals surface area contributed by atoms with Gasteiger partial charge in [-0.3, -0.25) is 0 Å². The van der Waals surface area contributed by atoms with Gasteiger partial charge in [0.05, 0.1) is 12.2 Å². The Morgan fingerprint density at radius 3 is 2.42 bits per heavy atom. The Balaban J connectivity index is 1.42. The van der Waals surface area contributed by atoms with Crippen LogP contribution in [-0.2, 0) is 0 Å². The Labute approximate surface area is 150 Å². The summed E-state index contributed by atoms with van der Waals surface area (Å²) in [6.07, 6.45) is 0. The van der Waals surface area contributed by atoms with Crippen molar-refractivity contribution in [1.29, 1.82) is 0 Å². The van der Waals surface area contributed by atoms with Crippen molar-refractivity contribution in [2.75, 3.05) is 18.5 Å². The largest absolute Gasteiger partial charge is 0.475 e. The normalized spacial score (nSPS) is 10.2. The number of benzene rings is 2. The molecule has 0 radical (unpaired) electrons. The van der Waals surface area contributed by atoms with Crippen LogP contribution in [0.3, 0.4) is 0 Å². The van der Waals surface area contributed by atoms with E-state index < -0.39 is 0 Å². The average molecular weight is 352 g/mol. The summed E-state index contributed by atoms with van der Waals surface area (Å²) >= 11 is 0. The smallest absolute Gasteiger partial charge is 0.319 e. The fraction of sp³-hybridized carbons (Fsp3) is 0.105. The summed E-state index contributed by atoms with van der Waals surface area (Å²) in [5, 5.41) is 13.4. The lowest BCUT2D eigenvalue weighted by molar-refractivity contribution is 0.246. The van der Waals surface area contributed by atoms with Crippen molar-refractivity contribution in [3.05, 3.63) is 72.5 Å². The number of hydrogen-bond donors (Lipinski definition) is 2. The molecule has 2 N–H and O–H groups in total. The zero-order valence-corrected chi connectivity index (χ0v) is 13.9. The summed E-state index contributed by atoms with van der Waals surface area (Å²) in [4.78, 5) is 11.7. The summed E-state index contributed by atoms with van der Waals surface area (Å²) in [6.45, 7) is 0.576. The van der Waals surface area contributed by atoms with Gasteiger partial charge >= 0.3 is 6.03 Å². The number of para-hydroxylation sites is 1. The quantitative estimate of drug-likeness (QED) is 0.666. The Morgan fingerprint density at radius 1 is 0.962 bits per heavy atom. The van der Waals surface area contributed by atoms with E-state index in [0.29, 0.717) is 23.8 Å². The average Bonchev–Trinajstić information content (AvgIpc) is 2.67. The summed E-state index contributed by atoms with van der Waals surface area (Å²) in [7, 11) is 0. The second-order valence-corrected chi connectivity index (χ2v) is 5.36. The molecule has 0 saturated heterocycles. The van der Waals surface area contributed by atoms with Crippen LogP contribution in [-0.4, -0.2) is 29.4 Å². The third kappa shape index (κ3) is 5.01. The van der Waals surface area contributed by atoms with Crippen LogP contribution in [0.4, 0.5) is 14.9 Å². The SMILES string of the molecule is O=C(NCCOc1ccc(-c2ccc(F)cc2)nn1)Nc1ccccc1. The number of nitrogens with one attached hydrogen (secondary N) is 2. The molecule has 0 spiro atoms. The third-order valence-electron chi connectivity index (χ3n) is 3.45. The van der Waals surface area contributed by atoms with Crippen molar-refractivity contribution in [3.63, 3.8) is 0 Å². The van der Waals surface area contributed by atoms with Crippen LogP contribution in [0.15, 0.2) is 66.7 Å². The first-order chi connectivity index (χ1) is 12.7. The first kappa shape index (κ1) is 17.3. The molecule has 0 aliphatic heterocycles. The molecule has 0 fully saturated rings. The van der Waals surface area contributed by atoms with Gasteiger partial charge in [0.2, 0.25) is 5.88 Å². The van der Waals surface area contributed by atoms with Crippen molar-refractivity contribution in [1.82, 2.24) is 15.5 Å². The summed E-state index contributed by atoms with van der Waals surface area (Å²) in [5.41, 5.74) is 2.11. The van der Waals surface area contributed by atoms with Gasteiger partial charge in [-0.1, -0.05) is 18.2 Å². The molecule has 0 aliphatic carbocycles. The topological polar surface area (TPSA) is 76.1 Å². The van der Waals surface area contributed by atoms with Crippen LogP contribution in [0.1, 0.15) is 0 Å². The van der Waals surface area contributed by atoms with Crippen molar-refractivity contribution in [3.8, 4) is 17.1 Å². The Kier molecular flexibility index (Phi) is 5.72. The second-order valence-electron chi connectivity index (χ2n) is 5.36. The molecule has 0 saturated carbocycles. The maximum absolute atomic E-state index is 12.9. The second kappa shape index (κ2) is 8.57. The molecule has 1 aromatic heterocycles. The van der Waals surface area contributed by atoms with E-state index in [0.717, 1.165) is 5.56 Å². The molecule has 2 aromatic carbocycles. The van der Waals surface area contributed by atoms with Crippen molar-refractivity contribution in [2.24, 2.45) is 0 Å². The minimum atomic E-state index is -0.308. The molecule has 1 heterocycles. The Hall–Kier alpha value is -3.48. The molecular formula is C19H17FN4O2. The van der Waals surface area contributed by atoms with E-state index in [-0.39, 0.29) is 18.5 Å². The Morgan fingerprint density at radius 2 is 1.73 bits per heavy atom. The van der Waals surface area contributed by atoms with Crippen molar-refractivity contribution in [2.45, 2.75) is 0 Å². The van der Waals surface area contributed by atoms with Gasteiger partial charge in [0.15, 0.2) is 0 Å². The van der Waals surface area contributed by atoms with Crippen LogP contribution >= 0.6 is 0 Å². The van der Waals surface area contributed by atoms with Gasteiger partial charge in [0, 0.05) is 17.3 Å². The van der Waals surface area contributed by atoms with E-state index in [1.807, 2.05) is 18.2 Å². The molecule has 7 heteroatoms. The van der Waals surface area contributed by atoms with Crippen LogP contribution < -0.4 is 15.4 Å². The summed E-state index contributed by atoms with van der Waals surface area (Å²) in [6, 6.07) is 18.3. The Bertz CT molecular complexity index is 840. The molecule has 0 unspecified atom stereocenters. The standard InChI is InChI=1S/C19H17FN4O2/c20-15-8-6-14(7-9-15)17-10-11-18(24-23-17)26-13-12-21-19(25)22-16-4-2-1-3-5-16/h1-11H,12-13H2,(H2,21,22,25). The zero-order valence-electron chi connectivity index (χ0n) is 13.9. The van der Waals surface area contributed by atoms with E-state index in [2.05, 4.69) is 20.8 Å². The summed E-state index contributed by atoms with van der Waals surface area (Å²) in [5.74, 6) is 0.0478. The number of urea groups is 1. The minimum absolute atomic E-state index is 0.257. The predicted octanol–water partition coefficient (Wildman–Crippen LogP) is 3.48. The summed E-state index contributed by atoms with van der Waals surface area (Å²) < 4.78 is 18.4. The molecule has 132 valence electrons. The van der Waals surface area contributed by atoms with Crippen molar-refractivity contribution >= 4 is 11.7 Å². The fourth-order valence-electron chi connectivity index (χ4n) is 2.19. The van der Waals surface area contributed by atoms with Gasteiger partial charge in [-0.2, -0.15) is 0 Å². The molecule has 2 amide bonds. The minimum Gasteiger partial charge on any atom is -0.475 e. The molecule has 3 aromatic rings. The zero-order chi connectivity index (χ0) is 18.2. The monoisotopic (exact) mass is 352 g/mol. The lowest BCUT2D eigenvalue weighted by atomic mass is 10.1. The highest BCUT2D eigenvalue weighted by Gasteiger charge is 2.03. The lowest BCUT2D eigenvalue weighted by Gasteiger charge is -2.08. The number of ether oxygens (including phenoxy) is 1. The maximum atomic E-state index is 12.9. The van der Waals surface area contributed by atoms with E-state index >= 15 is 0 Å². The molecule has 0 bridgehead atoms. The van der Waals surface area contributed by atoms with Gasteiger partial charge < -0.3 is 15.4 Å². The fourth-order valence-corrected chi connectivity index (χ4v) is 2.19. The lowest BCUT2D eigenvalue weighted by Crippen LogP contribution is -2.32. The number of halogens is 1. The van der Waals surface area contributed by atoms with E-state index in [9.17, 15) is 9.18 Å². The van der Waals surface area contributed by atoms with Gasteiger partial charge in [0.25, 0.3) is 0 Å². The van der Waals surface area contributed by atoms with Gasteiger partial charge in [-0.25, -0.2) is 9.18 Å². The number of carbonyl (C=O) groups is 1. The molecule has 3 rings (SSSR count). The third-order valence-corrected chi connectivity index (χ3v) is 3.45. The van der Waals surface area contributed by atoms with Crippen LogP contribution in [0.25, 0.3) is 11.3 Å². The highest BCUT2D eigenvalue weighted by molar-refractivity contribution is 5.89. The van der Waals surface area contributed by atoms with E-state index in [1.165, 1.54) is 12.1 Å². The maximum Gasteiger partial charge on any atom is 0.319 e. The molecule has 26 heavy (non-hydrogen) atoms. The number of amides is 2. The number of anilines is 1. The first-order valence-corrected chi connectivity index (χ1v) is 8.03. The molecular weight excluding hydrogens is 335 g/mol. The number of carbonyl (C=O) groups excluding carboxylic acids is 1. The predicted molar refractivity (Wildman–Crippen MR) is 96.4 cm³/mol. The van der Waals surface area contributed by atoms with Crippen molar-refractivity contribution < 1.29 is 13.9 Å². The van der Waals surface area contributed by atoms with Gasteiger partial charge in [-0.05, 0) is 42.5 Å². The first-order valence-electron chi connectivity index (χ1n) is 8.03. The molecule has 6 nitrogen and oxygen atoms in total. The number of aromatic nitrogens is 2.